The zero-order valence-electron chi connectivity index (χ0n) is 9.69. The van der Waals surface area contributed by atoms with Gasteiger partial charge in [-0.1, -0.05) is 16.7 Å². The Hall–Kier alpha value is -1.60. The number of carbonyl (C=O) groups excluding carboxylic acids is 1. The van der Waals surface area contributed by atoms with Crippen LogP contribution in [0.5, 0.6) is 0 Å². The number of rotatable bonds is 4. The molecule has 19 heavy (non-hydrogen) atoms. The fraction of sp³-hybridized carbons (Fsp3) is 0.182. The fourth-order valence-electron chi connectivity index (χ4n) is 1.39. The summed E-state index contributed by atoms with van der Waals surface area (Å²) in [6.45, 7) is 0.369. The van der Waals surface area contributed by atoms with Crippen molar-refractivity contribution in [3.63, 3.8) is 0 Å². The van der Waals surface area contributed by atoms with Gasteiger partial charge in [-0.3, -0.25) is 4.79 Å². The fourth-order valence-corrected chi connectivity index (χ4v) is 1.82. The first-order chi connectivity index (χ1) is 9.06. The van der Waals surface area contributed by atoms with Gasteiger partial charge in [0.1, 0.15) is 0 Å². The van der Waals surface area contributed by atoms with Crippen molar-refractivity contribution in [1.29, 1.82) is 0 Å². The summed E-state index contributed by atoms with van der Waals surface area (Å²) in [4.78, 5) is 11.8. The van der Waals surface area contributed by atoms with Crippen molar-refractivity contribution in [1.82, 2.24) is 15.5 Å². The standard InChI is InChI=1S/C11H10BrClN4O2/c12-7-2-1-6(5-8(7)13)10(18)15-4-3-9-16-17-11(14)19-9/h1-2,5H,3-4H2,(H2,14,17)(H,15,18). The maximum absolute atomic E-state index is 11.8. The molecule has 0 saturated heterocycles. The molecule has 2 rings (SSSR count). The molecule has 0 radical (unpaired) electrons. The lowest BCUT2D eigenvalue weighted by atomic mass is 10.2. The van der Waals surface area contributed by atoms with Crippen LogP contribution < -0.4 is 11.1 Å². The molecule has 1 aromatic carbocycles. The Balaban J connectivity index is 1.89. The first-order valence-corrected chi connectivity index (χ1v) is 6.54. The lowest BCUT2D eigenvalue weighted by Gasteiger charge is -2.04. The molecule has 8 heteroatoms. The van der Waals surface area contributed by atoms with E-state index < -0.39 is 0 Å². The molecule has 0 bridgehead atoms. The van der Waals surface area contributed by atoms with Gasteiger partial charge in [0.15, 0.2) is 0 Å². The number of amides is 1. The summed E-state index contributed by atoms with van der Waals surface area (Å²) in [6, 6.07) is 5.00. The first kappa shape index (κ1) is 13.8. The molecule has 6 nitrogen and oxygen atoms in total. The number of nitrogens with two attached hydrogens (primary N) is 1. The first-order valence-electron chi connectivity index (χ1n) is 5.37. The van der Waals surface area contributed by atoms with Gasteiger partial charge in [0.2, 0.25) is 5.89 Å². The Morgan fingerprint density at radius 3 is 2.89 bits per heavy atom. The molecule has 100 valence electrons. The largest absolute Gasteiger partial charge is 0.408 e. The number of aromatic nitrogens is 2. The molecule has 2 aromatic rings. The lowest BCUT2D eigenvalue weighted by molar-refractivity contribution is 0.0953. The second-order valence-corrected chi connectivity index (χ2v) is 4.93. The Morgan fingerprint density at radius 2 is 2.26 bits per heavy atom. The topological polar surface area (TPSA) is 94.0 Å². The third-order valence-electron chi connectivity index (χ3n) is 2.29. The van der Waals surface area contributed by atoms with Crippen molar-refractivity contribution in [2.75, 3.05) is 12.3 Å². The number of nitrogen functional groups attached to an aromatic ring is 1. The van der Waals surface area contributed by atoms with Gasteiger partial charge in [-0.25, -0.2) is 0 Å². The van der Waals surface area contributed by atoms with E-state index in [1.54, 1.807) is 18.2 Å². The van der Waals surface area contributed by atoms with E-state index in [0.29, 0.717) is 29.4 Å². The second-order valence-electron chi connectivity index (χ2n) is 3.67. The Bertz CT molecular complexity index is 602. The van der Waals surface area contributed by atoms with E-state index in [9.17, 15) is 4.79 Å². The van der Waals surface area contributed by atoms with Gasteiger partial charge in [-0.2, -0.15) is 0 Å². The average Bonchev–Trinajstić information content (AvgIpc) is 2.78. The molecule has 1 heterocycles. The molecule has 3 N–H and O–H groups in total. The van der Waals surface area contributed by atoms with Crippen molar-refractivity contribution in [2.24, 2.45) is 0 Å². The molecule has 0 fully saturated rings. The normalized spacial score (nSPS) is 10.4. The van der Waals surface area contributed by atoms with E-state index in [1.807, 2.05) is 0 Å². The zero-order valence-corrected chi connectivity index (χ0v) is 12.0. The summed E-state index contributed by atoms with van der Waals surface area (Å²) in [5, 5.41) is 10.4. The molecule has 0 spiro atoms. The number of halogens is 2. The van der Waals surface area contributed by atoms with Gasteiger partial charge in [-0.15, -0.1) is 5.10 Å². The minimum atomic E-state index is -0.220. The van der Waals surface area contributed by atoms with Crippen molar-refractivity contribution in [3.05, 3.63) is 39.1 Å². The maximum atomic E-state index is 11.8. The molecular formula is C11H10BrClN4O2. The van der Waals surface area contributed by atoms with Gasteiger partial charge in [0, 0.05) is 23.0 Å². The van der Waals surface area contributed by atoms with Crippen LogP contribution in [0, 0.1) is 0 Å². The van der Waals surface area contributed by atoms with Crippen molar-refractivity contribution in [2.45, 2.75) is 6.42 Å². The highest BCUT2D eigenvalue weighted by atomic mass is 79.9. The highest BCUT2D eigenvalue weighted by Crippen LogP contribution is 2.23. The molecule has 0 aliphatic rings. The van der Waals surface area contributed by atoms with Gasteiger partial charge in [0.25, 0.3) is 5.91 Å². The highest BCUT2D eigenvalue weighted by molar-refractivity contribution is 9.10. The van der Waals surface area contributed by atoms with Crippen LogP contribution in [-0.4, -0.2) is 22.6 Å². The zero-order chi connectivity index (χ0) is 13.8. The minimum Gasteiger partial charge on any atom is -0.408 e. The second kappa shape index (κ2) is 6.03. The third-order valence-corrected chi connectivity index (χ3v) is 3.52. The number of carbonyl (C=O) groups is 1. The predicted octanol–water partition coefficient (Wildman–Crippen LogP) is 2.04. The van der Waals surface area contributed by atoms with Gasteiger partial charge in [-0.05, 0) is 34.1 Å². The van der Waals surface area contributed by atoms with Crippen LogP contribution in [0.2, 0.25) is 5.02 Å². The Morgan fingerprint density at radius 1 is 1.47 bits per heavy atom. The lowest BCUT2D eigenvalue weighted by Crippen LogP contribution is -2.25. The van der Waals surface area contributed by atoms with Crippen LogP contribution in [0.25, 0.3) is 0 Å². The van der Waals surface area contributed by atoms with Crippen molar-refractivity contribution >= 4 is 39.5 Å². The molecule has 1 amide bonds. The number of nitrogens with zero attached hydrogens (tertiary/aromatic N) is 2. The highest BCUT2D eigenvalue weighted by Gasteiger charge is 2.08. The summed E-state index contributed by atoms with van der Waals surface area (Å²) < 4.78 is 5.73. The number of nitrogens with one attached hydrogen (secondary N) is 1. The van der Waals surface area contributed by atoms with E-state index in [2.05, 4.69) is 31.4 Å². The number of anilines is 1. The smallest absolute Gasteiger partial charge is 0.312 e. The van der Waals surface area contributed by atoms with Crippen molar-refractivity contribution < 1.29 is 9.21 Å². The molecule has 1 aromatic heterocycles. The monoisotopic (exact) mass is 344 g/mol. The van der Waals surface area contributed by atoms with Crippen LogP contribution in [0.3, 0.4) is 0 Å². The molecule has 0 atom stereocenters. The predicted molar refractivity (Wildman–Crippen MR) is 73.9 cm³/mol. The molecular weight excluding hydrogens is 336 g/mol. The van der Waals surface area contributed by atoms with Crippen LogP contribution >= 0.6 is 27.5 Å². The van der Waals surface area contributed by atoms with E-state index in [1.165, 1.54) is 0 Å². The number of hydrogen-bond acceptors (Lipinski definition) is 5. The van der Waals surface area contributed by atoms with Crippen LogP contribution in [0.1, 0.15) is 16.2 Å². The van der Waals surface area contributed by atoms with E-state index in [-0.39, 0.29) is 11.9 Å². The molecule has 0 aliphatic heterocycles. The third kappa shape index (κ3) is 3.68. The van der Waals surface area contributed by atoms with E-state index >= 15 is 0 Å². The summed E-state index contributed by atoms with van der Waals surface area (Å²) in [7, 11) is 0. The van der Waals surface area contributed by atoms with Crippen LogP contribution in [-0.2, 0) is 6.42 Å². The van der Waals surface area contributed by atoms with E-state index in [0.717, 1.165) is 4.47 Å². The Labute approximate surface area is 122 Å². The quantitative estimate of drug-likeness (QED) is 0.884. The Kier molecular flexibility index (Phi) is 4.39. The summed E-state index contributed by atoms with van der Waals surface area (Å²) >= 11 is 9.18. The maximum Gasteiger partial charge on any atom is 0.312 e. The van der Waals surface area contributed by atoms with E-state index in [4.69, 9.17) is 21.8 Å². The van der Waals surface area contributed by atoms with Gasteiger partial charge < -0.3 is 15.5 Å². The van der Waals surface area contributed by atoms with Gasteiger partial charge >= 0.3 is 6.01 Å². The van der Waals surface area contributed by atoms with Gasteiger partial charge in [0.05, 0.1) is 5.02 Å². The minimum absolute atomic E-state index is 0.0148. The summed E-state index contributed by atoms with van der Waals surface area (Å²) in [5.74, 6) is 0.161. The summed E-state index contributed by atoms with van der Waals surface area (Å²) in [5.41, 5.74) is 5.77. The molecule has 0 unspecified atom stereocenters. The average molecular weight is 346 g/mol. The molecule has 0 aliphatic carbocycles. The van der Waals surface area contributed by atoms with Crippen LogP contribution in [0.15, 0.2) is 27.1 Å². The molecule has 0 saturated carbocycles. The van der Waals surface area contributed by atoms with Crippen molar-refractivity contribution in [3.8, 4) is 0 Å². The summed E-state index contributed by atoms with van der Waals surface area (Å²) in [6.07, 6.45) is 0.417. The number of benzene rings is 1. The SMILES string of the molecule is Nc1nnc(CCNC(=O)c2ccc(Br)c(Cl)c2)o1. The van der Waals surface area contributed by atoms with Crippen LogP contribution in [0.4, 0.5) is 6.01 Å². The number of hydrogen-bond donors (Lipinski definition) is 2.